The molecule has 3 unspecified atom stereocenters. The Morgan fingerprint density at radius 3 is 2.59 bits per heavy atom. The molecule has 1 aromatic heterocycles. The zero-order chi connectivity index (χ0) is 12.0. The molecule has 2 aliphatic rings. The number of rotatable bonds is 3. The summed E-state index contributed by atoms with van der Waals surface area (Å²) in [6, 6.07) is 2.52. The maximum Gasteiger partial charge on any atom is 0.0596 e. The third kappa shape index (κ3) is 2.01. The summed E-state index contributed by atoms with van der Waals surface area (Å²) < 4.78 is 1.99. The molecule has 0 bridgehead atoms. The van der Waals surface area contributed by atoms with Crippen molar-refractivity contribution in [3.8, 4) is 0 Å². The number of nitrogens with zero attached hydrogens (tertiary/aromatic N) is 2. The van der Waals surface area contributed by atoms with Crippen LogP contribution in [0.4, 0.5) is 0 Å². The predicted octanol–water partition coefficient (Wildman–Crippen LogP) is 2.03. The molecule has 0 aromatic carbocycles. The highest BCUT2D eigenvalue weighted by molar-refractivity contribution is 5.13. The van der Waals surface area contributed by atoms with Gasteiger partial charge in [-0.2, -0.15) is 5.10 Å². The van der Waals surface area contributed by atoms with Crippen molar-refractivity contribution in [1.82, 2.24) is 9.78 Å². The summed E-state index contributed by atoms with van der Waals surface area (Å²) in [5.74, 6) is 2.70. The third-order valence-corrected chi connectivity index (χ3v) is 4.76. The fourth-order valence-electron chi connectivity index (χ4n) is 3.92. The van der Waals surface area contributed by atoms with Gasteiger partial charge in [0.2, 0.25) is 0 Å². The zero-order valence-electron chi connectivity index (χ0n) is 10.9. The lowest BCUT2D eigenvalue weighted by molar-refractivity contribution is 0.480. The SMILES string of the molecule is Cc1cc(CC(N)C2C3CCCCC32)n(C)n1. The Labute approximate surface area is 103 Å². The quantitative estimate of drug-likeness (QED) is 0.868. The molecule has 2 saturated carbocycles. The molecule has 0 radical (unpaired) electrons. The number of hydrogen-bond donors (Lipinski definition) is 1. The normalized spacial score (nSPS) is 33.2. The maximum atomic E-state index is 6.41. The monoisotopic (exact) mass is 233 g/mol. The van der Waals surface area contributed by atoms with Gasteiger partial charge in [-0.05, 0) is 43.6 Å². The number of fused-ring (bicyclic) bond motifs is 1. The Balaban J connectivity index is 1.64. The van der Waals surface area contributed by atoms with E-state index in [0.29, 0.717) is 6.04 Å². The fourth-order valence-corrected chi connectivity index (χ4v) is 3.92. The highest BCUT2D eigenvalue weighted by atomic mass is 15.3. The van der Waals surface area contributed by atoms with Gasteiger partial charge in [0.1, 0.15) is 0 Å². The Kier molecular flexibility index (Phi) is 2.74. The van der Waals surface area contributed by atoms with Gasteiger partial charge in [-0.25, -0.2) is 0 Å². The third-order valence-electron chi connectivity index (χ3n) is 4.76. The van der Waals surface area contributed by atoms with Crippen LogP contribution in [-0.2, 0) is 13.5 Å². The van der Waals surface area contributed by atoms with Crippen molar-refractivity contribution in [2.45, 2.75) is 45.1 Å². The zero-order valence-corrected chi connectivity index (χ0v) is 10.9. The van der Waals surface area contributed by atoms with E-state index in [1.54, 1.807) is 0 Å². The minimum absolute atomic E-state index is 0.345. The Hall–Kier alpha value is -0.830. The van der Waals surface area contributed by atoms with Crippen LogP contribution in [0.2, 0.25) is 0 Å². The van der Waals surface area contributed by atoms with Gasteiger partial charge in [-0.15, -0.1) is 0 Å². The van der Waals surface area contributed by atoms with Crippen LogP contribution < -0.4 is 5.73 Å². The van der Waals surface area contributed by atoms with E-state index >= 15 is 0 Å². The Morgan fingerprint density at radius 2 is 2.06 bits per heavy atom. The highest BCUT2D eigenvalue weighted by Gasteiger charge is 2.52. The van der Waals surface area contributed by atoms with Crippen molar-refractivity contribution in [2.75, 3.05) is 0 Å². The van der Waals surface area contributed by atoms with Crippen LogP contribution in [0.1, 0.15) is 37.1 Å². The van der Waals surface area contributed by atoms with Crippen LogP contribution in [-0.4, -0.2) is 15.8 Å². The maximum absolute atomic E-state index is 6.41. The van der Waals surface area contributed by atoms with Gasteiger partial charge in [0.25, 0.3) is 0 Å². The lowest BCUT2D eigenvalue weighted by Gasteiger charge is -2.11. The molecule has 17 heavy (non-hydrogen) atoms. The topological polar surface area (TPSA) is 43.8 Å². The molecule has 2 fully saturated rings. The summed E-state index contributed by atoms with van der Waals surface area (Å²) in [6.07, 6.45) is 6.69. The molecule has 0 amide bonds. The number of hydrogen-bond acceptors (Lipinski definition) is 2. The van der Waals surface area contributed by atoms with Gasteiger partial charge in [0.15, 0.2) is 0 Å². The van der Waals surface area contributed by atoms with Crippen LogP contribution in [0, 0.1) is 24.7 Å². The molecule has 94 valence electrons. The Morgan fingerprint density at radius 1 is 1.41 bits per heavy atom. The number of aryl methyl sites for hydroxylation is 2. The second-order valence-corrected chi connectivity index (χ2v) is 5.96. The molecule has 1 heterocycles. The van der Waals surface area contributed by atoms with Crippen molar-refractivity contribution in [1.29, 1.82) is 0 Å². The first kappa shape index (κ1) is 11.3. The van der Waals surface area contributed by atoms with Crippen molar-refractivity contribution in [3.05, 3.63) is 17.5 Å². The van der Waals surface area contributed by atoms with Crippen LogP contribution >= 0.6 is 0 Å². The molecule has 0 aliphatic heterocycles. The average Bonchev–Trinajstić information content (AvgIpc) is 2.93. The van der Waals surface area contributed by atoms with E-state index in [-0.39, 0.29) is 0 Å². The Bertz CT molecular complexity index is 398. The van der Waals surface area contributed by atoms with Gasteiger partial charge < -0.3 is 5.73 Å². The molecule has 0 spiro atoms. The molecule has 1 aromatic rings. The molecular weight excluding hydrogens is 210 g/mol. The van der Waals surface area contributed by atoms with Crippen molar-refractivity contribution >= 4 is 0 Å². The van der Waals surface area contributed by atoms with Gasteiger partial charge in [-0.3, -0.25) is 4.68 Å². The van der Waals surface area contributed by atoms with E-state index in [0.717, 1.165) is 29.9 Å². The van der Waals surface area contributed by atoms with Gasteiger partial charge >= 0.3 is 0 Å². The van der Waals surface area contributed by atoms with Crippen LogP contribution in [0.15, 0.2) is 6.07 Å². The van der Waals surface area contributed by atoms with Crippen LogP contribution in [0.25, 0.3) is 0 Å². The van der Waals surface area contributed by atoms with E-state index in [9.17, 15) is 0 Å². The van der Waals surface area contributed by atoms with Gasteiger partial charge in [0.05, 0.1) is 5.69 Å². The summed E-state index contributed by atoms with van der Waals surface area (Å²) in [4.78, 5) is 0. The summed E-state index contributed by atoms with van der Waals surface area (Å²) in [7, 11) is 2.02. The second-order valence-electron chi connectivity index (χ2n) is 5.96. The summed E-state index contributed by atoms with van der Waals surface area (Å²) >= 11 is 0. The first-order valence-corrected chi connectivity index (χ1v) is 6.92. The molecule has 3 nitrogen and oxygen atoms in total. The van der Waals surface area contributed by atoms with E-state index in [1.165, 1.54) is 31.4 Å². The van der Waals surface area contributed by atoms with Crippen molar-refractivity contribution < 1.29 is 0 Å². The minimum atomic E-state index is 0.345. The van der Waals surface area contributed by atoms with Crippen LogP contribution in [0.3, 0.4) is 0 Å². The van der Waals surface area contributed by atoms with Crippen LogP contribution in [0.5, 0.6) is 0 Å². The van der Waals surface area contributed by atoms with E-state index in [4.69, 9.17) is 5.73 Å². The smallest absolute Gasteiger partial charge is 0.0596 e. The van der Waals surface area contributed by atoms with E-state index < -0.39 is 0 Å². The lowest BCUT2D eigenvalue weighted by atomic mass is 10.0. The standard InChI is InChI=1S/C14H23N3/c1-9-7-10(17(2)16-9)8-13(15)14-11-5-3-4-6-12(11)14/h7,11-14H,3-6,8,15H2,1-2H3. The number of aromatic nitrogens is 2. The molecule has 3 heteroatoms. The fraction of sp³-hybridized carbons (Fsp3) is 0.786. The molecule has 2 aliphatic carbocycles. The number of nitrogens with two attached hydrogens (primary N) is 1. The van der Waals surface area contributed by atoms with Gasteiger partial charge in [0, 0.05) is 25.2 Å². The molecular formula is C14H23N3. The van der Waals surface area contributed by atoms with E-state index in [2.05, 4.69) is 11.2 Å². The van der Waals surface area contributed by atoms with Crippen molar-refractivity contribution in [3.63, 3.8) is 0 Å². The predicted molar refractivity (Wildman–Crippen MR) is 68.6 cm³/mol. The highest BCUT2D eigenvalue weighted by Crippen LogP contribution is 2.56. The summed E-state index contributed by atoms with van der Waals surface area (Å²) in [5, 5.41) is 4.40. The summed E-state index contributed by atoms with van der Waals surface area (Å²) in [5.41, 5.74) is 8.80. The minimum Gasteiger partial charge on any atom is -0.327 e. The largest absolute Gasteiger partial charge is 0.327 e. The first-order valence-electron chi connectivity index (χ1n) is 6.92. The summed E-state index contributed by atoms with van der Waals surface area (Å²) in [6.45, 7) is 2.05. The average molecular weight is 233 g/mol. The van der Waals surface area contributed by atoms with Crippen molar-refractivity contribution in [2.24, 2.45) is 30.5 Å². The molecule has 3 atom stereocenters. The lowest BCUT2D eigenvalue weighted by Crippen LogP contribution is -2.27. The first-order chi connectivity index (χ1) is 8.16. The van der Waals surface area contributed by atoms with Gasteiger partial charge in [-0.1, -0.05) is 12.8 Å². The molecule has 0 saturated heterocycles. The molecule has 2 N–H and O–H groups in total. The second kappa shape index (κ2) is 4.13. The molecule has 3 rings (SSSR count). The van der Waals surface area contributed by atoms with E-state index in [1.807, 2.05) is 18.7 Å².